The number of halogens is 2. The first kappa shape index (κ1) is 22.9. The van der Waals surface area contributed by atoms with Gasteiger partial charge in [0.05, 0.1) is 19.9 Å². The van der Waals surface area contributed by atoms with E-state index in [2.05, 4.69) is 26.8 Å². The number of methoxy groups -OCH3 is 1. The molecule has 35 heavy (non-hydrogen) atoms. The Kier molecular flexibility index (Phi) is 6.12. The number of fused-ring (bicyclic) bond motifs is 1. The lowest BCUT2D eigenvalue weighted by molar-refractivity contribution is 0.311. The van der Waals surface area contributed by atoms with Gasteiger partial charge in [0.15, 0.2) is 5.65 Å². The van der Waals surface area contributed by atoms with Gasteiger partial charge in [-0.2, -0.15) is 4.98 Å². The zero-order valence-electron chi connectivity index (χ0n) is 19.4. The van der Waals surface area contributed by atoms with Crippen LogP contribution < -0.4 is 15.2 Å². The number of hydrogen-bond donors (Lipinski definition) is 0. The first-order valence-electron chi connectivity index (χ1n) is 11.2. The molecular formula is C25H24F2N6O2. The molecule has 180 valence electrons. The third-order valence-electron chi connectivity index (χ3n) is 6.07. The molecule has 5 rings (SSSR count). The molecule has 10 heteroatoms. The van der Waals surface area contributed by atoms with E-state index < -0.39 is 17.2 Å². The molecule has 0 atom stereocenters. The molecule has 3 heterocycles. The van der Waals surface area contributed by atoms with E-state index in [1.807, 2.05) is 24.3 Å². The van der Waals surface area contributed by atoms with Crippen molar-refractivity contribution in [3.63, 3.8) is 0 Å². The molecule has 0 radical (unpaired) electrons. The lowest BCUT2D eigenvalue weighted by atomic mass is 10.1. The number of rotatable bonds is 5. The Morgan fingerprint density at radius 2 is 1.74 bits per heavy atom. The van der Waals surface area contributed by atoms with Gasteiger partial charge in [0, 0.05) is 37.8 Å². The number of benzene rings is 2. The van der Waals surface area contributed by atoms with Gasteiger partial charge in [0.1, 0.15) is 28.6 Å². The number of likely N-dealkylation sites (N-methyl/N-ethyl adjacent to an activating group) is 1. The molecular weight excluding hydrogens is 454 g/mol. The second-order valence-electron chi connectivity index (χ2n) is 8.53. The molecule has 8 nitrogen and oxygen atoms in total. The van der Waals surface area contributed by atoms with E-state index in [9.17, 15) is 13.6 Å². The molecule has 2 aromatic carbocycles. The maximum Gasteiger partial charge on any atom is 0.279 e. The topological polar surface area (TPSA) is 76.4 Å². The summed E-state index contributed by atoms with van der Waals surface area (Å²) in [6, 6.07) is 10.3. The quantitative estimate of drug-likeness (QED) is 0.437. The number of ether oxygens (including phenoxy) is 1. The highest BCUT2D eigenvalue weighted by Crippen LogP contribution is 2.22. The molecule has 2 aromatic heterocycles. The summed E-state index contributed by atoms with van der Waals surface area (Å²) in [5.74, 6) is -0.422. The molecule has 0 N–H and O–H groups in total. The fourth-order valence-electron chi connectivity index (χ4n) is 4.16. The molecule has 0 spiro atoms. The van der Waals surface area contributed by atoms with Crippen LogP contribution in [0, 0.1) is 11.6 Å². The van der Waals surface area contributed by atoms with Crippen LogP contribution >= 0.6 is 0 Å². The molecule has 1 fully saturated rings. The molecule has 1 aliphatic heterocycles. The zero-order chi connectivity index (χ0) is 24.5. The summed E-state index contributed by atoms with van der Waals surface area (Å²) in [5.41, 5.74) is 0.975. The Labute approximate surface area is 200 Å². The lowest BCUT2D eigenvalue weighted by Gasteiger charge is -2.32. The summed E-state index contributed by atoms with van der Waals surface area (Å²) in [6.45, 7) is 3.44. The highest BCUT2D eigenvalue weighted by atomic mass is 19.1. The second-order valence-corrected chi connectivity index (χ2v) is 8.53. The van der Waals surface area contributed by atoms with Gasteiger partial charge in [0.25, 0.3) is 5.56 Å². The van der Waals surface area contributed by atoms with Crippen LogP contribution in [0.15, 0.2) is 53.5 Å². The Morgan fingerprint density at radius 3 is 2.46 bits per heavy atom. The maximum absolute atomic E-state index is 14.0. The van der Waals surface area contributed by atoms with Gasteiger partial charge in [0.2, 0.25) is 5.95 Å². The number of aromatic nitrogens is 4. The highest BCUT2D eigenvalue weighted by molar-refractivity contribution is 5.75. The normalized spacial score (nSPS) is 14.5. The van der Waals surface area contributed by atoms with Crippen molar-refractivity contribution >= 4 is 17.1 Å². The molecule has 0 amide bonds. The first-order chi connectivity index (χ1) is 16.9. The van der Waals surface area contributed by atoms with Crippen LogP contribution in [0.3, 0.4) is 0 Å². The molecule has 1 aliphatic rings. The van der Waals surface area contributed by atoms with Gasteiger partial charge in [-0.25, -0.2) is 18.7 Å². The van der Waals surface area contributed by atoms with E-state index in [0.29, 0.717) is 22.9 Å². The van der Waals surface area contributed by atoms with Crippen LogP contribution in [0.5, 0.6) is 5.75 Å². The number of hydrogen-bond acceptors (Lipinski definition) is 7. The average Bonchev–Trinajstić information content (AvgIpc) is 2.85. The fourth-order valence-corrected chi connectivity index (χ4v) is 4.16. The van der Waals surface area contributed by atoms with Crippen molar-refractivity contribution in [1.29, 1.82) is 0 Å². The summed E-state index contributed by atoms with van der Waals surface area (Å²) in [5, 5.41) is 0. The van der Waals surface area contributed by atoms with Crippen LogP contribution in [0.2, 0.25) is 0 Å². The number of anilines is 1. The van der Waals surface area contributed by atoms with E-state index >= 15 is 0 Å². The van der Waals surface area contributed by atoms with E-state index in [0.717, 1.165) is 49.9 Å². The molecule has 0 saturated carbocycles. The Balaban J connectivity index is 1.68. The average molecular weight is 479 g/mol. The van der Waals surface area contributed by atoms with Crippen molar-refractivity contribution in [2.75, 3.05) is 45.2 Å². The van der Waals surface area contributed by atoms with E-state index in [4.69, 9.17) is 9.72 Å². The van der Waals surface area contributed by atoms with Crippen LogP contribution in [0.1, 0.15) is 5.56 Å². The summed E-state index contributed by atoms with van der Waals surface area (Å²) < 4.78 is 34.7. The number of piperazine rings is 1. The monoisotopic (exact) mass is 478 g/mol. The van der Waals surface area contributed by atoms with Crippen molar-refractivity contribution in [3.8, 4) is 17.0 Å². The molecule has 4 aromatic rings. The summed E-state index contributed by atoms with van der Waals surface area (Å²) in [4.78, 5) is 31.5. The van der Waals surface area contributed by atoms with E-state index in [-0.39, 0.29) is 17.8 Å². The molecule has 1 saturated heterocycles. The van der Waals surface area contributed by atoms with Crippen LogP contribution in [0.25, 0.3) is 22.4 Å². The van der Waals surface area contributed by atoms with Crippen LogP contribution in [-0.2, 0) is 6.54 Å². The number of nitrogens with zero attached hydrogens (tertiary/aromatic N) is 6. The van der Waals surface area contributed by atoms with E-state index in [1.54, 1.807) is 13.3 Å². The third kappa shape index (κ3) is 4.69. The molecule has 0 aliphatic carbocycles. The van der Waals surface area contributed by atoms with Crippen molar-refractivity contribution < 1.29 is 13.5 Å². The van der Waals surface area contributed by atoms with Crippen molar-refractivity contribution in [2.45, 2.75) is 6.54 Å². The van der Waals surface area contributed by atoms with Crippen molar-refractivity contribution in [1.82, 2.24) is 24.4 Å². The maximum atomic E-state index is 14.0. The summed E-state index contributed by atoms with van der Waals surface area (Å²) >= 11 is 0. The standard InChI is InChI=1S/C25H24F2N6O2/c1-31-6-8-32(9-7-31)25-28-14-21-23(30-25)33(15-16-4-3-5-20(10-16)35-2)24(34)22(29-21)17-11-18(26)13-19(27)12-17/h3-5,10-14H,6-9,15H2,1-2H3. The van der Waals surface area contributed by atoms with Crippen molar-refractivity contribution in [2.24, 2.45) is 0 Å². The molecule has 0 unspecified atom stereocenters. The smallest absolute Gasteiger partial charge is 0.279 e. The minimum atomic E-state index is -0.790. The van der Waals surface area contributed by atoms with Gasteiger partial charge < -0.3 is 14.5 Å². The summed E-state index contributed by atoms with van der Waals surface area (Å²) in [7, 11) is 3.63. The van der Waals surface area contributed by atoms with Crippen molar-refractivity contribution in [3.05, 3.63) is 76.2 Å². The van der Waals surface area contributed by atoms with Gasteiger partial charge in [-0.1, -0.05) is 12.1 Å². The van der Waals surface area contributed by atoms with Crippen LogP contribution in [-0.4, -0.2) is 64.8 Å². The third-order valence-corrected chi connectivity index (χ3v) is 6.07. The Bertz CT molecular complexity index is 1430. The van der Waals surface area contributed by atoms with Crippen LogP contribution in [0.4, 0.5) is 14.7 Å². The Hall–Kier alpha value is -3.92. The summed E-state index contributed by atoms with van der Waals surface area (Å²) in [6.07, 6.45) is 1.55. The predicted molar refractivity (Wildman–Crippen MR) is 129 cm³/mol. The minimum absolute atomic E-state index is 0.0527. The van der Waals surface area contributed by atoms with Gasteiger partial charge in [-0.05, 0) is 36.9 Å². The second kappa shape index (κ2) is 9.38. The molecule has 0 bridgehead atoms. The first-order valence-corrected chi connectivity index (χ1v) is 11.2. The fraction of sp³-hybridized carbons (Fsp3) is 0.280. The van der Waals surface area contributed by atoms with Gasteiger partial charge >= 0.3 is 0 Å². The van der Waals surface area contributed by atoms with E-state index in [1.165, 1.54) is 4.57 Å². The SMILES string of the molecule is COc1cccc(Cn2c(=O)c(-c3cc(F)cc(F)c3)nc3cnc(N4CCN(C)CC4)nc32)c1. The largest absolute Gasteiger partial charge is 0.497 e. The Morgan fingerprint density at radius 1 is 1.00 bits per heavy atom. The predicted octanol–water partition coefficient (Wildman–Crippen LogP) is 2.94. The van der Waals surface area contributed by atoms with Gasteiger partial charge in [-0.15, -0.1) is 0 Å². The lowest BCUT2D eigenvalue weighted by Crippen LogP contribution is -2.45. The zero-order valence-corrected chi connectivity index (χ0v) is 19.4. The highest BCUT2D eigenvalue weighted by Gasteiger charge is 2.20. The minimum Gasteiger partial charge on any atom is -0.497 e. The van der Waals surface area contributed by atoms with Gasteiger partial charge in [-0.3, -0.25) is 9.36 Å².